The van der Waals surface area contributed by atoms with Crippen molar-refractivity contribution in [2.24, 2.45) is 0 Å². The molecule has 0 spiro atoms. The van der Waals surface area contributed by atoms with Gasteiger partial charge in [0.1, 0.15) is 6.04 Å². The molecule has 0 aliphatic carbocycles. The fourth-order valence-corrected chi connectivity index (χ4v) is 4.59. The number of rotatable bonds is 10. The summed E-state index contributed by atoms with van der Waals surface area (Å²) in [7, 11) is -4.28. The first kappa shape index (κ1) is 24.7. The first-order valence-electron chi connectivity index (χ1n) is 9.40. The summed E-state index contributed by atoms with van der Waals surface area (Å²) in [6.45, 7) is 1.24. The Morgan fingerprint density at radius 3 is 2.26 bits per heavy atom. The highest BCUT2D eigenvalue weighted by molar-refractivity contribution is 7.89. The minimum atomic E-state index is -4.28. The number of nitrogens with zero attached hydrogens (tertiary/aromatic N) is 2. The molecule has 0 fully saturated rings. The molecule has 0 heterocycles. The van der Waals surface area contributed by atoms with E-state index in [9.17, 15) is 22.0 Å². The number of esters is 1. The average Bonchev–Trinajstić information content (AvgIpc) is 2.73. The number of hydrogen-bond acceptors (Lipinski definition) is 5. The monoisotopic (exact) mass is 470 g/mol. The quantitative estimate of drug-likeness (QED) is 0.481. The SMILES string of the molecule is CCOC(=O)C(CCC(F)F)N(Cc1ccc(C#N)cc1)S(=O)(=O)c1ccc(Cl)cc1. The molecule has 10 heteroatoms. The summed E-state index contributed by atoms with van der Waals surface area (Å²) in [6, 6.07) is 11.9. The lowest BCUT2D eigenvalue weighted by Crippen LogP contribution is -2.45. The maximum atomic E-state index is 13.4. The van der Waals surface area contributed by atoms with E-state index in [1.165, 1.54) is 48.5 Å². The van der Waals surface area contributed by atoms with Crippen molar-refractivity contribution in [3.8, 4) is 6.07 Å². The summed E-state index contributed by atoms with van der Waals surface area (Å²) in [5.41, 5.74) is 0.846. The number of nitriles is 1. The zero-order valence-corrected chi connectivity index (χ0v) is 18.2. The van der Waals surface area contributed by atoms with Crippen LogP contribution in [0.4, 0.5) is 8.78 Å². The zero-order chi connectivity index (χ0) is 23.0. The molecular weight excluding hydrogens is 450 g/mol. The molecule has 31 heavy (non-hydrogen) atoms. The first-order valence-corrected chi connectivity index (χ1v) is 11.2. The largest absolute Gasteiger partial charge is 0.465 e. The van der Waals surface area contributed by atoms with Crippen LogP contribution in [0, 0.1) is 11.3 Å². The van der Waals surface area contributed by atoms with Gasteiger partial charge in [0.25, 0.3) is 0 Å². The molecule has 1 atom stereocenters. The van der Waals surface area contributed by atoms with Crippen LogP contribution in [0.3, 0.4) is 0 Å². The molecule has 0 N–H and O–H groups in total. The molecule has 0 aliphatic heterocycles. The minimum Gasteiger partial charge on any atom is -0.465 e. The zero-order valence-electron chi connectivity index (χ0n) is 16.7. The first-order chi connectivity index (χ1) is 14.7. The topological polar surface area (TPSA) is 87.5 Å². The van der Waals surface area contributed by atoms with Crippen LogP contribution in [0.5, 0.6) is 0 Å². The van der Waals surface area contributed by atoms with Crippen molar-refractivity contribution in [2.45, 2.75) is 43.7 Å². The van der Waals surface area contributed by atoms with Crippen molar-refractivity contribution < 1.29 is 26.7 Å². The van der Waals surface area contributed by atoms with E-state index >= 15 is 0 Å². The molecule has 0 saturated carbocycles. The number of ether oxygens (including phenoxy) is 1. The number of benzene rings is 2. The molecule has 0 radical (unpaired) electrons. The second-order valence-corrected chi connectivity index (χ2v) is 8.88. The Bertz CT molecular complexity index is 1020. The molecule has 0 aliphatic rings. The van der Waals surface area contributed by atoms with Gasteiger partial charge in [0.05, 0.1) is 23.1 Å². The number of sulfonamides is 1. The summed E-state index contributed by atoms with van der Waals surface area (Å²) in [6.07, 6.45) is -3.81. The van der Waals surface area contributed by atoms with Crippen LogP contribution in [0.25, 0.3) is 0 Å². The Balaban J connectivity index is 2.52. The lowest BCUT2D eigenvalue weighted by atomic mass is 10.1. The molecule has 1 unspecified atom stereocenters. The van der Waals surface area contributed by atoms with Gasteiger partial charge in [-0.3, -0.25) is 4.79 Å². The smallest absolute Gasteiger partial charge is 0.324 e. The number of alkyl halides is 2. The summed E-state index contributed by atoms with van der Waals surface area (Å²) in [5, 5.41) is 9.27. The number of halogens is 3. The van der Waals surface area contributed by atoms with Gasteiger partial charge in [-0.2, -0.15) is 9.57 Å². The lowest BCUT2D eigenvalue weighted by Gasteiger charge is -2.29. The van der Waals surface area contributed by atoms with Crippen molar-refractivity contribution in [2.75, 3.05) is 6.61 Å². The highest BCUT2D eigenvalue weighted by Crippen LogP contribution is 2.26. The third kappa shape index (κ3) is 6.72. The summed E-state index contributed by atoms with van der Waals surface area (Å²) in [5.74, 6) is -0.908. The van der Waals surface area contributed by atoms with E-state index in [-0.39, 0.29) is 18.0 Å². The van der Waals surface area contributed by atoms with Gasteiger partial charge in [-0.15, -0.1) is 0 Å². The van der Waals surface area contributed by atoms with Gasteiger partial charge in [0.15, 0.2) is 0 Å². The predicted octanol–water partition coefficient (Wildman–Crippen LogP) is 4.38. The average molecular weight is 471 g/mol. The van der Waals surface area contributed by atoms with E-state index in [4.69, 9.17) is 21.6 Å². The van der Waals surface area contributed by atoms with E-state index in [1.807, 2.05) is 6.07 Å². The van der Waals surface area contributed by atoms with E-state index in [1.54, 1.807) is 6.92 Å². The van der Waals surface area contributed by atoms with E-state index in [0.29, 0.717) is 16.1 Å². The molecule has 166 valence electrons. The fourth-order valence-electron chi connectivity index (χ4n) is 2.87. The molecule has 2 aromatic rings. The van der Waals surface area contributed by atoms with Crippen molar-refractivity contribution in [1.29, 1.82) is 5.26 Å². The molecule has 0 aromatic heterocycles. The van der Waals surface area contributed by atoms with E-state index in [0.717, 1.165) is 4.31 Å². The van der Waals surface area contributed by atoms with Crippen LogP contribution < -0.4 is 0 Å². The number of carbonyl (C=O) groups is 1. The van der Waals surface area contributed by atoms with Gasteiger partial charge in [-0.25, -0.2) is 17.2 Å². The van der Waals surface area contributed by atoms with Gasteiger partial charge in [-0.1, -0.05) is 23.7 Å². The van der Waals surface area contributed by atoms with Gasteiger partial charge in [0.2, 0.25) is 16.4 Å². The van der Waals surface area contributed by atoms with Gasteiger partial charge in [0, 0.05) is 18.0 Å². The van der Waals surface area contributed by atoms with E-state index < -0.39 is 41.3 Å². The van der Waals surface area contributed by atoms with Crippen LogP contribution in [-0.2, 0) is 26.1 Å². The molecule has 0 bridgehead atoms. The predicted molar refractivity (Wildman–Crippen MR) is 111 cm³/mol. The Hall–Kier alpha value is -2.54. The lowest BCUT2D eigenvalue weighted by molar-refractivity contribution is -0.148. The van der Waals surface area contributed by atoms with Gasteiger partial charge >= 0.3 is 5.97 Å². The van der Waals surface area contributed by atoms with Crippen LogP contribution in [0.2, 0.25) is 5.02 Å². The summed E-state index contributed by atoms with van der Waals surface area (Å²) < 4.78 is 58.5. The highest BCUT2D eigenvalue weighted by atomic mass is 35.5. The third-order valence-corrected chi connectivity index (χ3v) is 6.53. The van der Waals surface area contributed by atoms with Crippen molar-refractivity contribution in [1.82, 2.24) is 4.31 Å². The maximum Gasteiger partial charge on any atom is 0.324 e. The molecule has 0 amide bonds. The Labute approximate surface area is 185 Å². The van der Waals surface area contributed by atoms with Gasteiger partial charge < -0.3 is 4.74 Å². The Morgan fingerprint density at radius 2 is 1.74 bits per heavy atom. The highest BCUT2D eigenvalue weighted by Gasteiger charge is 2.37. The fraction of sp³-hybridized carbons (Fsp3) is 0.333. The second-order valence-electron chi connectivity index (χ2n) is 6.55. The third-order valence-electron chi connectivity index (χ3n) is 4.41. The maximum absolute atomic E-state index is 13.4. The number of carbonyl (C=O) groups excluding carboxylic acids is 1. The van der Waals surface area contributed by atoms with Crippen LogP contribution >= 0.6 is 11.6 Å². The molecule has 2 rings (SSSR count). The van der Waals surface area contributed by atoms with Crippen molar-refractivity contribution >= 4 is 27.6 Å². The minimum absolute atomic E-state index is 0.0320. The normalized spacial score (nSPS) is 12.5. The van der Waals surface area contributed by atoms with Crippen LogP contribution in [-0.4, -0.2) is 37.8 Å². The van der Waals surface area contributed by atoms with Crippen LogP contribution in [0.15, 0.2) is 53.4 Å². The standard InChI is InChI=1S/C21H21ClF2N2O4S/c1-2-30-21(27)19(11-12-20(23)24)26(14-16-5-3-15(13-25)4-6-16)31(28,29)18-9-7-17(22)8-10-18/h3-10,19-20H,2,11-12,14H2,1H3. The molecular formula is C21H21ClF2N2O4S. The molecule has 0 saturated heterocycles. The Kier molecular flexibility index (Phi) is 8.92. The van der Waals surface area contributed by atoms with Crippen LogP contribution in [0.1, 0.15) is 30.9 Å². The van der Waals surface area contributed by atoms with Crippen molar-refractivity contribution in [3.63, 3.8) is 0 Å². The second kappa shape index (κ2) is 11.2. The summed E-state index contributed by atoms with van der Waals surface area (Å²) >= 11 is 5.85. The Morgan fingerprint density at radius 1 is 1.13 bits per heavy atom. The van der Waals surface area contributed by atoms with E-state index in [2.05, 4.69) is 0 Å². The number of hydrogen-bond donors (Lipinski definition) is 0. The van der Waals surface area contributed by atoms with Gasteiger partial charge in [-0.05, 0) is 55.3 Å². The molecule has 2 aromatic carbocycles. The van der Waals surface area contributed by atoms with Crippen molar-refractivity contribution in [3.05, 3.63) is 64.7 Å². The molecule has 6 nitrogen and oxygen atoms in total. The summed E-state index contributed by atoms with van der Waals surface area (Å²) in [4.78, 5) is 12.4.